The normalized spacial score (nSPS) is 11.4. The first-order valence-electron chi connectivity index (χ1n) is 13.3. The van der Waals surface area contributed by atoms with Crippen molar-refractivity contribution in [3.63, 3.8) is 0 Å². The van der Waals surface area contributed by atoms with Gasteiger partial charge in [-0.3, -0.25) is 9.59 Å². The van der Waals surface area contributed by atoms with Gasteiger partial charge in [0.15, 0.2) is 12.6 Å². The van der Waals surface area contributed by atoms with Crippen molar-refractivity contribution in [2.75, 3.05) is 39.6 Å². The van der Waals surface area contributed by atoms with Gasteiger partial charge in [0.25, 0.3) is 0 Å². The van der Waals surface area contributed by atoms with Crippen molar-refractivity contribution in [1.29, 1.82) is 0 Å². The molecule has 0 aromatic carbocycles. The molecule has 8 nitrogen and oxygen atoms in total. The zero-order valence-corrected chi connectivity index (χ0v) is 22.1. The second kappa shape index (κ2) is 24.9. The summed E-state index contributed by atoms with van der Waals surface area (Å²) in [5, 5.41) is 0. The van der Waals surface area contributed by atoms with Gasteiger partial charge in [0.05, 0.1) is 0 Å². The summed E-state index contributed by atoms with van der Waals surface area (Å²) >= 11 is 0. The third-order valence-corrected chi connectivity index (χ3v) is 4.98. The number of unbranched alkanes of at least 4 members (excludes halogenated alkanes) is 5. The van der Waals surface area contributed by atoms with Gasteiger partial charge in [-0.2, -0.15) is 0 Å². The van der Waals surface area contributed by atoms with Crippen LogP contribution in [0.3, 0.4) is 0 Å². The van der Waals surface area contributed by atoms with Gasteiger partial charge in [-0.05, 0) is 38.5 Å². The molecule has 8 heteroatoms. The highest BCUT2D eigenvalue weighted by Gasteiger charge is 2.15. The van der Waals surface area contributed by atoms with Crippen LogP contribution in [0.1, 0.15) is 105 Å². The van der Waals surface area contributed by atoms with Crippen LogP contribution in [0, 0.1) is 0 Å². The van der Waals surface area contributed by atoms with E-state index in [0.717, 1.165) is 51.4 Å². The van der Waals surface area contributed by atoms with Crippen LogP contribution in [0.5, 0.6) is 0 Å². The predicted molar refractivity (Wildman–Crippen MR) is 131 cm³/mol. The topological polar surface area (TPSA) is 89.5 Å². The fourth-order valence-corrected chi connectivity index (χ4v) is 2.73. The first-order chi connectivity index (χ1) is 16.6. The SMILES string of the molecule is CCCCOC(COC(=O)CCCCC(=O)OCC(OCCCC)OCCCC)OCCCC. The summed E-state index contributed by atoms with van der Waals surface area (Å²) < 4.78 is 33.3. The molecule has 0 aliphatic heterocycles. The minimum absolute atomic E-state index is 0.0890. The number of carbonyl (C=O) groups excluding carboxylic acids is 2. The monoisotopic (exact) mass is 490 g/mol. The van der Waals surface area contributed by atoms with E-state index in [1.807, 2.05) is 0 Å². The lowest BCUT2D eigenvalue weighted by molar-refractivity contribution is -0.184. The van der Waals surface area contributed by atoms with Crippen molar-refractivity contribution < 1.29 is 38.0 Å². The Morgan fingerprint density at radius 1 is 0.500 bits per heavy atom. The van der Waals surface area contributed by atoms with Gasteiger partial charge in [-0.15, -0.1) is 0 Å². The Kier molecular flexibility index (Phi) is 24.0. The number of rotatable bonds is 25. The van der Waals surface area contributed by atoms with E-state index in [1.54, 1.807) is 0 Å². The van der Waals surface area contributed by atoms with Crippen LogP contribution < -0.4 is 0 Å². The van der Waals surface area contributed by atoms with Gasteiger partial charge in [-0.1, -0.05) is 53.4 Å². The standard InChI is InChI=1S/C26H50O8/c1-5-9-17-29-25(30-18-10-6-2)21-33-23(27)15-13-14-16-24(28)34-22-26(31-19-11-7-3)32-20-12-8-4/h25-26H,5-22H2,1-4H3. The minimum atomic E-state index is -0.524. The summed E-state index contributed by atoms with van der Waals surface area (Å²) in [6.45, 7) is 10.9. The lowest BCUT2D eigenvalue weighted by Gasteiger charge is -2.19. The lowest BCUT2D eigenvalue weighted by atomic mass is 10.2. The van der Waals surface area contributed by atoms with Crippen LogP contribution >= 0.6 is 0 Å². The highest BCUT2D eigenvalue weighted by molar-refractivity contribution is 5.70. The van der Waals surface area contributed by atoms with Crippen molar-refractivity contribution in [3.05, 3.63) is 0 Å². The van der Waals surface area contributed by atoms with E-state index in [1.165, 1.54) is 0 Å². The van der Waals surface area contributed by atoms with Crippen LogP contribution in [0.4, 0.5) is 0 Å². The average Bonchev–Trinajstić information content (AvgIpc) is 2.83. The molecule has 0 radical (unpaired) electrons. The zero-order valence-electron chi connectivity index (χ0n) is 22.1. The third-order valence-electron chi connectivity index (χ3n) is 4.98. The van der Waals surface area contributed by atoms with E-state index in [2.05, 4.69) is 27.7 Å². The van der Waals surface area contributed by atoms with Crippen LogP contribution in [0.25, 0.3) is 0 Å². The summed E-state index contributed by atoms with van der Waals surface area (Å²) in [5.74, 6) is -0.629. The van der Waals surface area contributed by atoms with Gasteiger partial charge < -0.3 is 28.4 Å². The van der Waals surface area contributed by atoms with Crippen molar-refractivity contribution in [1.82, 2.24) is 0 Å². The van der Waals surface area contributed by atoms with Crippen molar-refractivity contribution in [2.45, 2.75) is 117 Å². The van der Waals surface area contributed by atoms with E-state index < -0.39 is 12.6 Å². The molecule has 0 fully saturated rings. The Balaban J connectivity index is 4.06. The number of carbonyl (C=O) groups is 2. The highest BCUT2D eigenvalue weighted by Crippen LogP contribution is 2.07. The largest absolute Gasteiger partial charge is 0.460 e. The van der Waals surface area contributed by atoms with Crippen LogP contribution in [-0.4, -0.2) is 64.2 Å². The zero-order chi connectivity index (χ0) is 25.3. The molecule has 0 unspecified atom stereocenters. The molecule has 0 rings (SSSR count). The fraction of sp³-hybridized carbons (Fsp3) is 0.923. The summed E-state index contributed by atoms with van der Waals surface area (Å²) in [6, 6.07) is 0. The minimum Gasteiger partial charge on any atom is -0.460 e. The maximum Gasteiger partial charge on any atom is 0.305 e. The molecule has 0 spiro atoms. The van der Waals surface area contributed by atoms with E-state index in [4.69, 9.17) is 28.4 Å². The third kappa shape index (κ3) is 21.3. The van der Waals surface area contributed by atoms with Crippen molar-refractivity contribution in [3.8, 4) is 0 Å². The molecule has 0 atom stereocenters. The first-order valence-corrected chi connectivity index (χ1v) is 13.3. The fourth-order valence-electron chi connectivity index (χ4n) is 2.73. The quantitative estimate of drug-likeness (QED) is 0.0934. The molecule has 0 bridgehead atoms. The number of hydrogen-bond donors (Lipinski definition) is 0. The smallest absolute Gasteiger partial charge is 0.305 e. The van der Waals surface area contributed by atoms with E-state index in [0.29, 0.717) is 39.3 Å². The Morgan fingerprint density at radius 2 is 0.794 bits per heavy atom. The summed E-state index contributed by atoms with van der Waals surface area (Å²) in [6.07, 6.45) is 8.41. The van der Waals surface area contributed by atoms with Crippen LogP contribution in [0.2, 0.25) is 0 Å². The molecule has 0 heterocycles. The maximum atomic E-state index is 12.0. The van der Waals surface area contributed by atoms with Gasteiger partial charge in [0.2, 0.25) is 0 Å². The van der Waals surface area contributed by atoms with Crippen molar-refractivity contribution in [2.24, 2.45) is 0 Å². The van der Waals surface area contributed by atoms with Gasteiger partial charge in [0.1, 0.15) is 13.2 Å². The second-order valence-corrected chi connectivity index (χ2v) is 8.33. The molecule has 34 heavy (non-hydrogen) atoms. The molecule has 202 valence electrons. The summed E-state index contributed by atoms with van der Waals surface area (Å²) in [7, 11) is 0. The maximum absolute atomic E-state index is 12.0. The summed E-state index contributed by atoms with van der Waals surface area (Å²) in [5.41, 5.74) is 0. The Hall–Kier alpha value is -1.22. The number of ether oxygens (including phenoxy) is 6. The lowest BCUT2D eigenvalue weighted by Crippen LogP contribution is -2.26. The Labute approximate surface area is 207 Å². The molecule has 0 saturated heterocycles. The second-order valence-electron chi connectivity index (χ2n) is 8.33. The molecule has 0 amide bonds. The predicted octanol–water partition coefficient (Wildman–Crippen LogP) is 5.55. The highest BCUT2D eigenvalue weighted by atomic mass is 16.7. The molecule has 0 saturated carbocycles. The molecular weight excluding hydrogens is 440 g/mol. The average molecular weight is 491 g/mol. The van der Waals surface area contributed by atoms with Crippen LogP contribution in [0.15, 0.2) is 0 Å². The van der Waals surface area contributed by atoms with Gasteiger partial charge in [0, 0.05) is 39.3 Å². The molecule has 0 aromatic rings. The van der Waals surface area contributed by atoms with Crippen LogP contribution in [-0.2, 0) is 38.0 Å². The van der Waals surface area contributed by atoms with E-state index in [-0.39, 0.29) is 38.0 Å². The van der Waals surface area contributed by atoms with Crippen molar-refractivity contribution >= 4 is 11.9 Å². The molecule has 0 aliphatic rings. The van der Waals surface area contributed by atoms with E-state index >= 15 is 0 Å². The molecule has 0 aromatic heterocycles. The molecule has 0 aliphatic carbocycles. The molecular formula is C26H50O8. The number of esters is 2. The van der Waals surface area contributed by atoms with Gasteiger partial charge in [-0.25, -0.2) is 0 Å². The Bertz CT molecular complexity index is 410. The first kappa shape index (κ1) is 32.8. The number of hydrogen-bond acceptors (Lipinski definition) is 8. The van der Waals surface area contributed by atoms with Gasteiger partial charge >= 0.3 is 11.9 Å². The Morgan fingerprint density at radius 3 is 1.06 bits per heavy atom. The summed E-state index contributed by atoms with van der Waals surface area (Å²) in [4.78, 5) is 24.1. The van der Waals surface area contributed by atoms with E-state index in [9.17, 15) is 9.59 Å². The molecule has 0 N–H and O–H groups in total.